The molecule has 0 amide bonds. The van der Waals surface area contributed by atoms with Gasteiger partial charge in [-0.05, 0) is 42.9 Å². The molecule has 66 valence electrons. The molecule has 0 aromatic heterocycles. The predicted octanol–water partition coefficient (Wildman–Crippen LogP) is 3.71. The van der Waals surface area contributed by atoms with Crippen molar-refractivity contribution in [2.75, 3.05) is 0 Å². The Balaban J connectivity index is 2.32. The first-order valence-corrected chi connectivity index (χ1v) is 5.11. The summed E-state index contributed by atoms with van der Waals surface area (Å²) in [4.78, 5) is 0. The molecule has 11 heavy (non-hydrogen) atoms. The van der Waals surface area contributed by atoms with Crippen LogP contribution in [0.25, 0.3) is 0 Å². The normalized spacial score (nSPS) is 21.3. The molecule has 0 aromatic rings. The summed E-state index contributed by atoms with van der Waals surface area (Å²) < 4.78 is 0. The average molecular weight is 154 g/mol. The maximum absolute atomic E-state index is 2.38. The topological polar surface area (TPSA) is 0 Å². The molecule has 0 aliphatic heterocycles. The van der Waals surface area contributed by atoms with Crippen molar-refractivity contribution in [3.05, 3.63) is 0 Å². The second-order valence-electron chi connectivity index (χ2n) is 4.87. The molecule has 1 fully saturated rings. The van der Waals surface area contributed by atoms with Gasteiger partial charge in [0.15, 0.2) is 0 Å². The summed E-state index contributed by atoms with van der Waals surface area (Å²) in [6.45, 7) is 9.45. The van der Waals surface area contributed by atoms with Crippen LogP contribution >= 0.6 is 0 Å². The van der Waals surface area contributed by atoms with Crippen molar-refractivity contribution in [1.82, 2.24) is 0 Å². The van der Waals surface area contributed by atoms with Crippen LogP contribution in [0.15, 0.2) is 0 Å². The van der Waals surface area contributed by atoms with Gasteiger partial charge in [0.1, 0.15) is 0 Å². The summed E-state index contributed by atoms with van der Waals surface area (Å²) in [5.41, 5.74) is 0. The van der Waals surface area contributed by atoms with Gasteiger partial charge in [-0.15, -0.1) is 0 Å². The number of hydrogen-bond acceptors (Lipinski definition) is 0. The lowest BCUT2D eigenvalue weighted by Gasteiger charge is -2.22. The summed E-state index contributed by atoms with van der Waals surface area (Å²) in [5.74, 6) is 3.92. The lowest BCUT2D eigenvalue weighted by atomic mass is 9.84. The van der Waals surface area contributed by atoms with E-state index in [1.54, 1.807) is 0 Å². The second kappa shape index (κ2) is 3.60. The second-order valence-corrected chi connectivity index (χ2v) is 4.87. The molecule has 0 heterocycles. The van der Waals surface area contributed by atoms with E-state index in [-0.39, 0.29) is 0 Å². The molecular formula is C11H22. The Bertz CT molecular complexity index is 107. The largest absolute Gasteiger partial charge is 0.0628 e. The molecule has 0 nitrogen and oxygen atoms in total. The Morgan fingerprint density at radius 3 is 1.91 bits per heavy atom. The van der Waals surface area contributed by atoms with Gasteiger partial charge in [-0.1, -0.05) is 27.7 Å². The van der Waals surface area contributed by atoms with Crippen LogP contribution in [0.4, 0.5) is 0 Å². The highest BCUT2D eigenvalue weighted by Gasteiger charge is 2.32. The van der Waals surface area contributed by atoms with E-state index in [0.29, 0.717) is 0 Å². The summed E-state index contributed by atoms with van der Waals surface area (Å²) in [6.07, 6.45) is 4.47. The van der Waals surface area contributed by atoms with Crippen LogP contribution in [-0.4, -0.2) is 0 Å². The van der Waals surface area contributed by atoms with Crippen molar-refractivity contribution in [1.29, 1.82) is 0 Å². The predicted molar refractivity (Wildman–Crippen MR) is 50.5 cm³/mol. The lowest BCUT2D eigenvalue weighted by Crippen LogP contribution is -2.13. The van der Waals surface area contributed by atoms with E-state index in [0.717, 1.165) is 23.7 Å². The van der Waals surface area contributed by atoms with Crippen LogP contribution in [0.2, 0.25) is 0 Å². The minimum atomic E-state index is 0.892. The smallest absolute Gasteiger partial charge is 0.0360 e. The highest BCUT2D eigenvalue weighted by Crippen LogP contribution is 2.43. The fraction of sp³-hybridized carbons (Fsp3) is 1.00. The molecule has 1 aliphatic carbocycles. The van der Waals surface area contributed by atoms with E-state index in [1.807, 2.05) is 0 Å². The fourth-order valence-electron chi connectivity index (χ4n) is 2.08. The Morgan fingerprint density at radius 2 is 1.64 bits per heavy atom. The quantitative estimate of drug-likeness (QED) is 0.579. The molecule has 0 spiro atoms. The summed E-state index contributed by atoms with van der Waals surface area (Å²) in [7, 11) is 0. The Hall–Kier alpha value is 0. The number of hydrogen-bond donors (Lipinski definition) is 0. The third kappa shape index (κ3) is 2.84. The monoisotopic (exact) mass is 154 g/mol. The maximum atomic E-state index is 2.38. The van der Waals surface area contributed by atoms with Crippen molar-refractivity contribution < 1.29 is 0 Å². The lowest BCUT2D eigenvalue weighted by molar-refractivity contribution is 0.281. The van der Waals surface area contributed by atoms with Crippen LogP contribution < -0.4 is 0 Å². The molecular weight excluding hydrogens is 132 g/mol. The van der Waals surface area contributed by atoms with Crippen LogP contribution in [0.5, 0.6) is 0 Å². The summed E-state index contributed by atoms with van der Waals surface area (Å²) >= 11 is 0. The highest BCUT2D eigenvalue weighted by atomic mass is 14.4. The van der Waals surface area contributed by atoms with Gasteiger partial charge in [0, 0.05) is 0 Å². The maximum Gasteiger partial charge on any atom is -0.0360 e. The third-order valence-corrected chi connectivity index (χ3v) is 2.83. The van der Waals surface area contributed by atoms with Crippen molar-refractivity contribution in [3.63, 3.8) is 0 Å². The molecule has 0 radical (unpaired) electrons. The van der Waals surface area contributed by atoms with Crippen LogP contribution in [0.3, 0.4) is 0 Å². The Labute approximate surface area is 71.4 Å². The molecule has 0 aromatic carbocycles. The Morgan fingerprint density at radius 1 is 1.09 bits per heavy atom. The average Bonchev–Trinajstić information content (AvgIpc) is 2.63. The molecule has 1 saturated carbocycles. The van der Waals surface area contributed by atoms with Gasteiger partial charge in [0.2, 0.25) is 0 Å². The van der Waals surface area contributed by atoms with Crippen molar-refractivity contribution in [2.45, 2.75) is 47.0 Å². The highest BCUT2D eigenvalue weighted by molar-refractivity contribution is 4.83. The zero-order valence-corrected chi connectivity index (χ0v) is 8.43. The molecule has 0 bridgehead atoms. The molecule has 0 N–H and O–H groups in total. The van der Waals surface area contributed by atoms with Crippen molar-refractivity contribution in [2.24, 2.45) is 23.7 Å². The van der Waals surface area contributed by atoms with Crippen molar-refractivity contribution >= 4 is 0 Å². The fourth-order valence-corrected chi connectivity index (χ4v) is 2.08. The first-order chi connectivity index (χ1) is 5.11. The van der Waals surface area contributed by atoms with E-state index < -0.39 is 0 Å². The van der Waals surface area contributed by atoms with Crippen molar-refractivity contribution in [3.8, 4) is 0 Å². The van der Waals surface area contributed by atoms with E-state index in [4.69, 9.17) is 0 Å². The van der Waals surface area contributed by atoms with Gasteiger partial charge in [0.05, 0.1) is 0 Å². The minimum absolute atomic E-state index is 0.892. The molecule has 1 atom stereocenters. The summed E-state index contributed by atoms with van der Waals surface area (Å²) in [6, 6.07) is 0. The zero-order valence-electron chi connectivity index (χ0n) is 8.43. The van der Waals surface area contributed by atoms with Gasteiger partial charge in [-0.3, -0.25) is 0 Å². The molecule has 1 rings (SSSR count). The van der Waals surface area contributed by atoms with Crippen LogP contribution in [-0.2, 0) is 0 Å². The molecule has 0 saturated heterocycles. The SMILES string of the molecule is CC(C)C[C@@H](C(C)C)C1CC1. The van der Waals surface area contributed by atoms with Gasteiger partial charge in [-0.25, -0.2) is 0 Å². The molecule has 0 unspecified atom stereocenters. The van der Waals surface area contributed by atoms with Crippen LogP contribution in [0.1, 0.15) is 47.0 Å². The third-order valence-electron chi connectivity index (χ3n) is 2.83. The summed E-state index contributed by atoms with van der Waals surface area (Å²) in [5, 5.41) is 0. The first-order valence-electron chi connectivity index (χ1n) is 5.11. The van der Waals surface area contributed by atoms with E-state index >= 15 is 0 Å². The van der Waals surface area contributed by atoms with E-state index in [2.05, 4.69) is 27.7 Å². The zero-order chi connectivity index (χ0) is 8.43. The minimum Gasteiger partial charge on any atom is -0.0628 e. The van der Waals surface area contributed by atoms with Gasteiger partial charge >= 0.3 is 0 Å². The standard InChI is InChI=1S/C11H22/c1-8(2)7-11(9(3)4)10-5-6-10/h8-11H,5-7H2,1-4H3/t11-/m0/s1. The number of rotatable bonds is 4. The van der Waals surface area contributed by atoms with Gasteiger partial charge in [-0.2, -0.15) is 0 Å². The van der Waals surface area contributed by atoms with Crippen LogP contribution in [0, 0.1) is 23.7 Å². The Kier molecular flexibility index (Phi) is 2.98. The van der Waals surface area contributed by atoms with Gasteiger partial charge < -0.3 is 0 Å². The molecule has 1 aliphatic rings. The van der Waals surface area contributed by atoms with E-state index in [1.165, 1.54) is 19.3 Å². The first kappa shape index (κ1) is 9.09. The molecule has 0 heteroatoms. The van der Waals surface area contributed by atoms with Gasteiger partial charge in [0.25, 0.3) is 0 Å². The van der Waals surface area contributed by atoms with E-state index in [9.17, 15) is 0 Å².